The van der Waals surface area contributed by atoms with E-state index in [-0.39, 0.29) is 17.9 Å². The van der Waals surface area contributed by atoms with Gasteiger partial charge >= 0.3 is 0 Å². The molecule has 4 rings (SSSR count). The normalized spacial score (nSPS) is 27.0. The van der Waals surface area contributed by atoms with Gasteiger partial charge < -0.3 is 0 Å². The molecule has 0 spiro atoms. The van der Waals surface area contributed by atoms with Crippen LogP contribution in [0.2, 0.25) is 0 Å². The molecule has 1 saturated heterocycles. The first-order chi connectivity index (χ1) is 11.0. The zero-order chi connectivity index (χ0) is 16.2. The quantitative estimate of drug-likeness (QED) is 0.850. The molecular formula is C18H17NO3S. The van der Waals surface area contributed by atoms with E-state index in [0.717, 1.165) is 5.56 Å². The lowest BCUT2D eigenvalue weighted by Crippen LogP contribution is -2.40. The van der Waals surface area contributed by atoms with Gasteiger partial charge in [-0.05, 0) is 31.2 Å². The van der Waals surface area contributed by atoms with Crippen LogP contribution in [-0.4, -0.2) is 37.4 Å². The predicted octanol–water partition coefficient (Wildman–Crippen LogP) is 2.47. The van der Waals surface area contributed by atoms with Gasteiger partial charge in [0, 0.05) is 5.56 Å². The number of carbonyl (C=O) groups is 1. The van der Waals surface area contributed by atoms with E-state index in [9.17, 15) is 13.2 Å². The average molecular weight is 327 g/mol. The Balaban J connectivity index is 1.86. The van der Waals surface area contributed by atoms with Gasteiger partial charge in [0.25, 0.3) is 0 Å². The van der Waals surface area contributed by atoms with Crippen molar-refractivity contribution in [1.29, 1.82) is 0 Å². The molecule has 1 fully saturated rings. The number of hydrogen-bond donors (Lipinski definition) is 0. The van der Waals surface area contributed by atoms with Gasteiger partial charge in [0.1, 0.15) is 0 Å². The van der Waals surface area contributed by atoms with E-state index in [0.29, 0.717) is 16.9 Å². The van der Waals surface area contributed by atoms with Gasteiger partial charge in [-0.15, -0.1) is 0 Å². The van der Waals surface area contributed by atoms with Crippen LogP contribution in [0.3, 0.4) is 0 Å². The minimum absolute atomic E-state index is 0.0325. The van der Waals surface area contributed by atoms with E-state index in [2.05, 4.69) is 0 Å². The fourth-order valence-corrected chi connectivity index (χ4v) is 5.92. The fraction of sp³-hybridized carbons (Fsp3) is 0.278. The Morgan fingerprint density at radius 1 is 1.00 bits per heavy atom. The Morgan fingerprint density at radius 2 is 1.65 bits per heavy atom. The highest BCUT2D eigenvalue weighted by atomic mass is 32.2. The first-order valence-electron chi connectivity index (χ1n) is 7.66. The van der Waals surface area contributed by atoms with E-state index in [1.807, 2.05) is 36.2 Å². The number of ketones is 1. The van der Waals surface area contributed by atoms with Crippen molar-refractivity contribution in [2.75, 3.05) is 7.05 Å². The lowest BCUT2D eigenvalue weighted by Gasteiger charge is -2.33. The maximum Gasteiger partial charge on any atom is 0.183 e. The molecule has 2 aromatic rings. The lowest BCUT2D eigenvalue weighted by molar-refractivity contribution is 0.0837. The Hall–Kier alpha value is -1.98. The first kappa shape index (κ1) is 14.6. The number of benzene rings is 2. The molecule has 0 aliphatic carbocycles. The van der Waals surface area contributed by atoms with Gasteiger partial charge in [-0.25, -0.2) is 8.42 Å². The summed E-state index contributed by atoms with van der Waals surface area (Å²) in [6.45, 7) is 0. The molecule has 0 amide bonds. The molecule has 2 aromatic carbocycles. The second-order valence-corrected chi connectivity index (χ2v) is 8.38. The molecule has 2 bridgehead atoms. The highest BCUT2D eigenvalue weighted by Crippen LogP contribution is 2.46. The van der Waals surface area contributed by atoms with E-state index in [4.69, 9.17) is 0 Å². The molecule has 118 valence electrons. The molecule has 0 aromatic heterocycles. The maximum atomic E-state index is 13.1. The van der Waals surface area contributed by atoms with Crippen LogP contribution in [0, 0.1) is 0 Å². The van der Waals surface area contributed by atoms with E-state index >= 15 is 0 Å². The molecule has 2 heterocycles. The third kappa shape index (κ3) is 2.00. The highest BCUT2D eigenvalue weighted by molar-refractivity contribution is 7.92. The Morgan fingerprint density at radius 3 is 2.39 bits per heavy atom. The predicted molar refractivity (Wildman–Crippen MR) is 87.1 cm³/mol. The molecule has 0 N–H and O–H groups in total. The summed E-state index contributed by atoms with van der Waals surface area (Å²) in [5, 5.41) is -0.590. The number of Topliss-reactive ketones (excluding diaryl/α,β-unsaturated/α-hetero) is 1. The molecule has 5 heteroatoms. The van der Waals surface area contributed by atoms with Crippen LogP contribution < -0.4 is 0 Å². The molecule has 0 radical (unpaired) electrons. The summed E-state index contributed by atoms with van der Waals surface area (Å²) in [5.74, 6) is 0.0325. The molecule has 23 heavy (non-hydrogen) atoms. The van der Waals surface area contributed by atoms with Gasteiger partial charge in [0.15, 0.2) is 15.6 Å². The molecule has 3 atom stereocenters. The van der Waals surface area contributed by atoms with Gasteiger partial charge in [-0.2, -0.15) is 0 Å². The van der Waals surface area contributed by atoms with Crippen molar-refractivity contribution in [2.45, 2.75) is 28.6 Å². The van der Waals surface area contributed by atoms with Gasteiger partial charge in [0.2, 0.25) is 0 Å². The summed E-state index contributed by atoms with van der Waals surface area (Å²) in [5.41, 5.74) is 1.50. The van der Waals surface area contributed by atoms with Crippen molar-refractivity contribution < 1.29 is 13.2 Å². The van der Waals surface area contributed by atoms with Gasteiger partial charge in [0.05, 0.1) is 22.2 Å². The van der Waals surface area contributed by atoms with Gasteiger partial charge in [-0.3, -0.25) is 9.69 Å². The Bertz CT molecular complexity index is 876. The maximum absolute atomic E-state index is 13.1. The van der Waals surface area contributed by atoms with Crippen molar-refractivity contribution in [3.63, 3.8) is 0 Å². The number of carbonyl (C=O) groups excluding carboxylic acids is 1. The van der Waals surface area contributed by atoms with Crippen molar-refractivity contribution in [3.05, 3.63) is 65.7 Å². The lowest BCUT2D eigenvalue weighted by atomic mass is 9.93. The Kier molecular flexibility index (Phi) is 3.18. The zero-order valence-corrected chi connectivity index (χ0v) is 13.5. The molecular weight excluding hydrogens is 310 g/mol. The van der Waals surface area contributed by atoms with Crippen LogP contribution in [0.4, 0.5) is 0 Å². The first-order valence-corrected chi connectivity index (χ1v) is 9.20. The van der Waals surface area contributed by atoms with Gasteiger partial charge in [-0.1, -0.05) is 42.5 Å². The summed E-state index contributed by atoms with van der Waals surface area (Å²) in [7, 11) is -1.63. The van der Waals surface area contributed by atoms with Crippen LogP contribution in [0.25, 0.3) is 0 Å². The second-order valence-electron chi connectivity index (χ2n) is 6.21. The summed E-state index contributed by atoms with van der Waals surface area (Å²) in [4.78, 5) is 14.9. The van der Waals surface area contributed by atoms with E-state index in [1.165, 1.54) is 0 Å². The van der Waals surface area contributed by atoms with Crippen LogP contribution in [0.5, 0.6) is 0 Å². The molecule has 0 unspecified atom stereocenters. The molecule has 0 saturated carbocycles. The van der Waals surface area contributed by atoms with Crippen LogP contribution in [0.1, 0.15) is 28.4 Å². The third-order valence-corrected chi connectivity index (χ3v) is 7.23. The number of rotatable bonds is 2. The zero-order valence-electron chi connectivity index (χ0n) is 12.7. The molecule has 4 nitrogen and oxygen atoms in total. The largest absolute Gasteiger partial charge is 0.292 e. The fourth-order valence-electron chi connectivity index (χ4n) is 3.92. The highest BCUT2D eigenvalue weighted by Gasteiger charge is 2.53. The van der Waals surface area contributed by atoms with Crippen LogP contribution >= 0.6 is 0 Å². The molecule has 2 aliphatic rings. The summed E-state index contributed by atoms with van der Waals surface area (Å²) in [6, 6.07) is 15.3. The number of fused-ring (bicyclic) bond motifs is 4. The van der Waals surface area contributed by atoms with Crippen molar-refractivity contribution in [3.8, 4) is 0 Å². The third-order valence-electron chi connectivity index (χ3n) is 5.06. The van der Waals surface area contributed by atoms with Crippen molar-refractivity contribution in [2.24, 2.45) is 0 Å². The van der Waals surface area contributed by atoms with Crippen molar-refractivity contribution >= 4 is 15.6 Å². The SMILES string of the molecule is CN1[C@H]2C[C@@H](S(=O)(=O)c3ccccc3)[C@@H]1c1ccccc1C2=O. The number of likely N-dealkylation sites (N-methyl/N-ethyl adjacent to an activating group) is 1. The smallest absolute Gasteiger partial charge is 0.183 e. The summed E-state index contributed by atoms with van der Waals surface area (Å²) < 4.78 is 26.2. The topological polar surface area (TPSA) is 54.5 Å². The summed E-state index contributed by atoms with van der Waals surface area (Å²) >= 11 is 0. The number of nitrogens with zero attached hydrogens (tertiary/aromatic N) is 1. The van der Waals surface area contributed by atoms with E-state index in [1.54, 1.807) is 30.3 Å². The molecule has 2 aliphatic heterocycles. The van der Waals surface area contributed by atoms with Crippen molar-refractivity contribution in [1.82, 2.24) is 4.90 Å². The van der Waals surface area contributed by atoms with Crippen LogP contribution in [-0.2, 0) is 9.84 Å². The summed E-state index contributed by atoms with van der Waals surface area (Å²) in [6.07, 6.45) is 0.353. The number of sulfone groups is 1. The van der Waals surface area contributed by atoms with Crippen LogP contribution in [0.15, 0.2) is 59.5 Å². The van der Waals surface area contributed by atoms with E-state index < -0.39 is 15.1 Å². The second kappa shape index (κ2) is 5.01. The standard InChI is InChI=1S/C18H17NO3S/c1-19-15-11-16(23(21,22)12-7-3-2-4-8-12)17(19)13-9-5-6-10-14(13)18(15)20/h2-10,15-17H,11H2,1H3/t15-,16+,17-/m0/s1. The minimum atomic E-state index is -3.49. The minimum Gasteiger partial charge on any atom is -0.292 e. The monoisotopic (exact) mass is 327 g/mol. The number of hydrogen-bond acceptors (Lipinski definition) is 4. The Labute approximate surface area is 135 Å². The average Bonchev–Trinajstić information content (AvgIpc) is 2.85.